The maximum absolute atomic E-state index is 12.5. The molecule has 1 fully saturated rings. The molecular weight excluding hydrogens is 344 g/mol. The number of piperidine rings is 1. The van der Waals surface area contributed by atoms with Gasteiger partial charge in [-0.05, 0) is 37.9 Å². The number of ether oxygens (including phenoxy) is 2. The average Bonchev–Trinajstić information content (AvgIpc) is 2.59. The van der Waals surface area contributed by atoms with E-state index in [-0.39, 0.29) is 24.5 Å². The van der Waals surface area contributed by atoms with E-state index in [1.54, 1.807) is 12.1 Å². The van der Waals surface area contributed by atoms with Gasteiger partial charge in [-0.25, -0.2) is 0 Å². The topological polar surface area (TPSA) is 67.9 Å². The lowest BCUT2D eigenvalue weighted by atomic mass is 9.99. The van der Waals surface area contributed by atoms with Gasteiger partial charge in [0.25, 0.3) is 0 Å². The zero-order chi connectivity index (χ0) is 18.4. The van der Waals surface area contributed by atoms with Gasteiger partial charge in [-0.15, -0.1) is 0 Å². The Hall–Kier alpha value is -1.79. The summed E-state index contributed by atoms with van der Waals surface area (Å²) >= 11 is 6.09. The summed E-state index contributed by atoms with van der Waals surface area (Å²) in [6.45, 7) is 2.90. The van der Waals surface area contributed by atoms with Gasteiger partial charge in [0.05, 0.1) is 32.9 Å². The molecule has 0 saturated carbocycles. The minimum Gasteiger partial charge on any atom is -0.495 e. The van der Waals surface area contributed by atoms with Crippen molar-refractivity contribution in [3.05, 3.63) is 22.7 Å². The minimum absolute atomic E-state index is 0.0424. The number of hydrogen-bond donors (Lipinski definition) is 1. The third kappa shape index (κ3) is 5.34. The van der Waals surface area contributed by atoms with Crippen molar-refractivity contribution in [2.45, 2.75) is 38.6 Å². The van der Waals surface area contributed by atoms with Gasteiger partial charge in [-0.1, -0.05) is 18.0 Å². The second kappa shape index (κ2) is 9.06. The van der Waals surface area contributed by atoms with Crippen LogP contribution < -0.4 is 10.1 Å². The number of methoxy groups -OCH3 is 2. The van der Waals surface area contributed by atoms with Crippen LogP contribution in [0, 0.1) is 6.92 Å². The van der Waals surface area contributed by atoms with Crippen LogP contribution in [0.1, 0.15) is 31.2 Å². The Labute approximate surface area is 153 Å². The molecule has 25 heavy (non-hydrogen) atoms. The Morgan fingerprint density at radius 3 is 2.76 bits per heavy atom. The van der Waals surface area contributed by atoms with Crippen molar-refractivity contribution >= 4 is 29.2 Å². The molecule has 1 aliphatic heterocycles. The number of hydrogen-bond acceptors (Lipinski definition) is 5. The van der Waals surface area contributed by atoms with Crippen molar-refractivity contribution in [1.29, 1.82) is 0 Å². The molecule has 1 aromatic carbocycles. The molecule has 7 heteroatoms. The molecule has 138 valence electrons. The Morgan fingerprint density at radius 2 is 2.08 bits per heavy atom. The van der Waals surface area contributed by atoms with Gasteiger partial charge in [0.1, 0.15) is 5.75 Å². The first-order valence-corrected chi connectivity index (χ1v) is 8.77. The quantitative estimate of drug-likeness (QED) is 0.782. The lowest BCUT2D eigenvalue weighted by molar-refractivity contribution is -0.142. The van der Waals surface area contributed by atoms with Gasteiger partial charge < -0.3 is 14.8 Å². The van der Waals surface area contributed by atoms with E-state index in [1.807, 2.05) is 11.8 Å². The van der Waals surface area contributed by atoms with Crippen molar-refractivity contribution in [2.75, 3.05) is 32.6 Å². The third-order valence-electron chi connectivity index (χ3n) is 4.48. The highest BCUT2D eigenvalue weighted by Gasteiger charge is 2.27. The molecule has 1 aromatic rings. The van der Waals surface area contributed by atoms with Crippen LogP contribution in [0.2, 0.25) is 5.02 Å². The van der Waals surface area contributed by atoms with E-state index in [9.17, 15) is 9.59 Å². The van der Waals surface area contributed by atoms with Crippen LogP contribution >= 0.6 is 11.6 Å². The van der Waals surface area contributed by atoms with E-state index in [2.05, 4.69) is 5.32 Å². The Bertz CT molecular complexity index is 636. The van der Waals surface area contributed by atoms with Crippen molar-refractivity contribution in [1.82, 2.24) is 4.90 Å². The minimum atomic E-state index is -0.243. The van der Waals surface area contributed by atoms with Crippen LogP contribution in [-0.4, -0.2) is 50.1 Å². The molecular formula is C18H25ClN2O4. The second-order valence-corrected chi connectivity index (χ2v) is 6.66. The highest BCUT2D eigenvalue weighted by Crippen LogP contribution is 2.31. The van der Waals surface area contributed by atoms with Crippen LogP contribution in [0.3, 0.4) is 0 Å². The molecule has 0 aliphatic carbocycles. The van der Waals surface area contributed by atoms with Gasteiger partial charge >= 0.3 is 5.97 Å². The van der Waals surface area contributed by atoms with Crippen LogP contribution in [0.5, 0.6) is 5.75 Å². The molecule has 0 spiro atoms. The molecule has 1 heterocycles. The molecule has 0 aromatic heterocycles. The number of nitrogens with one attached hydrogen (secondary N) is 1. The number of benzene rings is 1. The first-order valence-electron chi connectivity index (χ1n) is 8.39. The summed E-state index contributed by atoms with van der Waals surface area (Å²) in [7, 11) is 2.92. The number of carbonyl (C=O) groups excluding carboxylic acids is 2. The molecule has 0 radical (unpaired) electrons. The molecule has 0 bridgehead atoms. The summed E-state index contributed by atoms with van der Waals surface area (Å²) in [4.78, 5) is 26.1. The van der Waals surface area contributed by atoms with E-state index in [0.29, 0.717) is 22.9 Å². The average molecular weight is 369 g/mol. The van der Waals surface area contributed by atoms with E-state index in [4.69, 9.17) is 21.1 Å². The zero-order valence-electron chi connectivity index (χ0n) is 14.9. The number of likely N-dealkylation sites (tertiary alicyclic amines) is 1. The van der Waals surface area contributed by atoms with Crippen LogP contribution in [0.4, 0.5) is 5.69 Å². The summed E-state index contributed by atoms with van der Waals surface area (Å²) in [5.41, 5.74) is 1.45. The number of anilines is 1. The molecule has 1 amide bonds. The van der Waals surface area contributed by atoms with Crippen molar-refractivity contribution in [3.63, 3.8) is 0 Å². The highest BCUT2D eigenvalue weighted by atomic mass is 35.5. The number of carbonyl (C=O) groups is 2. The molecule has 1 N–H and O–H groups in total. The monoisotopic (exact) mass is 368 g/mol. The molecule has 1 atom stereocenters. The first kappa shape index (κ1) is 19.5. The zero-order valence-corrected chi connectivity index (χ0v) is 15.7. The predicted molar refractivity (Wildman–Crippen MR) is 97.2 cm³/mol. The Morgan fingerprint density at radius 1 is 1.32 bits per heavy atom. The number of nitrogens with zero attached hydrogens (tertiary/aromatic N) is 1. The van der Waals surface area contributed by atoms with Crippen LogP contribution in [0.15, 0.2) is 12.1 Å². The fraction of sp³-hybridized carbons (Fsp3) is 0.556. The highest BCUT2D eigenvalue weighted by molar-refractivity contribution is 6.31. The largest absolute Gasteiger partial charge is 0.495 e. The molecule has 1 aliphatic rings. The third-order valence-corrected chi connectivity index (χ3v) is 4.89. The molecule has 6 nitrogen and oxygen atoms in total. The predicted octanol–water partition coefficient (Wildman–Crippen LogP) is 3.01. The number of halogens is 1. The van der Waals surface area contributed by atoms with Gasteiger partial charge in [-0.2, -0.15) is 0 Å². The van der Waals surface area contributed by atoms with Crippen molar-refractivity contribution < 1.29 is 19.1 Å². The summed E-state index contributed by atoms with van der Waals surface area (Å²) in [5, 5.41) is 3.47. The van der Waals surface area contributed by atoms with Crippen LogP contribution in [0.25, 0.3) is 0 Å². The number of rotatable bonds is 6. The normalized spacial score (nSPS) is 17.8. The lowest BCUT2D eigenvalue weighted by Crippen LogP contribution is -2.45. The van der Waals surface area contributed by atoms with E-state index < -0.39 is 0 Å². The van der Waals surface area contributed by atoms with Crippen molar-refractivity contribution in [2.24, 2.45) is 0 Å². The molecule has 2 rings (SSSR count). The fourth-order valence-corrected chi connectivity index (χ4v) is 3.23. The number of esters is 1. The summed E-state index contributed by atoms with van der Waals surface area (Å²) in [6.07, 6.45) is 3.29. The lowest BCUT2D eigenvalue weighted by Gasteiger charge is -2.34. The second-order valence-electron chi connectivity index (χ2n) is 6.25. The van der Waals surface area contributed by atoms with Gasteiger partial charge in [0.15, 0.2) is 0 Å². The van der Waals surface area contributed by atoms with E-state index >= 15 is 0 Å². The molecule has 1 saturated heterocycles. The fourth-order valence-electron chi connectivity index (χ4n) is 3.08. The van der Waals surface area contributed by atoms with Gasteiger partial charge in [0.2, 0.25) is 5.91 Å². The number of amides is 1. The van der Waals surface area contributed by atoms with E-state index in [0.717, 1.165) is 31.4 Å². The maximum Gasteiger partial charge on any atom is 0.307 e. The Kier molecular flexibility index (Phi) is 7.08. The number of aryl methyl sites for hydroxylation is 1. The smallest absolute Gasteiger partial charge is 0.307 e. The summed E-state index contributed by atoms with van der Waals surface area (Å²) in [6, 6.07) is 3.52. The van der Waals surface area contributed by atoms with Crippen molar-refractivity contribution in [3.8, 4) is 5.75 Å². The van der Waals surface area contributed by atoms with E-state index in [1.165, 1.54) is 14.2 Å². The SMILES string of the molecule is COC(=O)CC1CCCCN1CC(=O)Nc1cc(C)c(Cl)cc1OC. The first-order chi connectivity index (χ1) is 11.9. The Balaban J connectivity index is 2.03. The molecule has 1 unspecified atom stereocenters. The standard InChI is InChI=1S/C18H25ClN2O4/c1-12-8-15(16(24-2)10-14(12)19)20-17(22)11-21-7-5-4-6-13(21)9-18(23)25-3/h8,10,13H,4-7,9,11H2,1-3H3,(H,20,22). The summed E-state index contributed by atoms with van der Waals surface area (Å²) < 4.78 is 10.0. The van der Waals surface area contributed by atoms with Crippen LogP contribution in [-0.2, 0) is 14.3 Å². The summed E-state index contributed by atoms with van der Waals surface area (Å²) in [5.74, 6) is 0.137. The van der Waals surface area contributed by atoms with Gasteiger partial charge in [0, 0.05) is 17.1 Å². The van der Waals surface area contributed by atoms with Gasteiger partial charge in [-0.3, -0.25) is 14.5 Å². The maximum atomic E-state index is 12.5.